The van der Waals surface area contributed by atoms with Gasteiger partial charge in [-0.25, -0.2) is 8.42 Å². The van der Waals surface area contributed by atoms with E-state index < -0.39 is 18.1 Å². The Balaban J connectivity index is 2.07. The lowest BCUT2D eigenvalue weighted by molar-refractivity contribution is 0.346. The minimum absolute atomic E-state index is 0.446. The summed E-state index contributed by atoms with van der Waals surface area (Å²) in [5.41, 5.74) is 1.25. The second-order valence-corrected chi connectivity index (χ2v) is 14.7. The standard InChI is InChI=1S/C16H27NO2SSi/c1-21(2,3)14-11-15-7-9-16(10-8-15)20(18,19)17-12-5-4-6-13-17/h7-10H,4-6,11-14H2,1-3H3. The van der Waals surface area contributed by atoms with Gasteiger partial charge in [0.05, 0.1) is 4.90 Å². The van der Waals surface area contributed by atoms with Crippen LogP contribution in [0.2, 0.25) is 25.7 Å². The smallest absolute Gasteiger partial charge is 0.207 e. The topological polar surface area (TPSA) is 37.4 Å². The van der Waals surface area contributed by atoms with Gasteiger partial charge in [-0.3, -0.25) is 0 Å². The van der Waals surface area contributed by atoms with E-state index in [9.17, 15) is 8.42 Å². The van der Waals surface area contributed by atoms with Crippen molar-refractivity contribution in [3.63, 3.8) is 0 Å². The highest BCUT2D eigenvalue weighted by atomic mass is 32.2. The zero-order valence-corrected chi connectivity index (χ0v) is 15.2. The van der Waals surface area contributed by atoms with E-state index in [1.165, 1.54) is 11.6 Å². The van der Waals surface area contributed by atoms with Crippen LogP contribution in [0.4, 0.5) is 0 Å². The molecule has 3 nitrogen and oxygen atoms in total. The van der Waals surface area contributed by atoms with Gasteiger partial charge in [-0.15, -0.1) is 0 Å². The summed E-state index contributed by atoms with van der Waals surface area (Å²) in [5.74, 6) is 0. The molecule has 21 heavy (non-hydrogen) atoms. The van der Waals surface area contributed by atoms with Crippen molar-refractivity contribution < 1.29 is 8.42 Å². The predicted molar refractivity (Wildman–Crippen MR) is 90.9 cm³/mol. The summed E-state index contributed by atoms with van der Waals surface area (Å²) >= 11 is 0. The van der Waals surface area contributed by atoms with E-state index in [-0.39, 0.29) is 0 Å². The van der Waals surface area contributed by atoms with Crippen LogP contribution in [0, 0.1) is 0 Å². The minimum atomic E-state index is -3.28. The lowest BCUT2D eigenvalue weighted by Gasteiger charge is -2.26. The summed E-state index contributed by atoms with van der Waals surface area (Å²) in [6.45, 7) is 8.42. The molecule has 0 atom stereocenters. The fourth-order valence-corrected chi connectivity index (χ4v) is 5.16. The first-order valence-electron chi connectivity index (χ1n) is 7.88. The van der Waals surface area contributed by atoms with Gasteiger partial charge < -0.3 is 0 Å². The van der Waals surface area contributed by atoms with Crippen molar-refractivity contribution >= 4 is 18.1 Å². The lowest BCUT2D eigenvalue weighted by Crippen LogP contribution is -2.35. The molecule has 1 fully saturated rings. The number of hydrogen-bond acceptors (Lipinski definition) is 2. The maximum absolute atomic E-state index is 12.5. The molecule has 2 rings (SSSR count). The van der Waals surface area contributed by atoms with Crippen LogP contribution >= 0.6 is 0 Å². The third kappa shape index (κ3) is 4.66. The predicted octanol–water partition coefficient (Wildman–Crippen LogP) is 3.74. The SMILES string of the molecule is C[Si](C)(C)CCc1ccc(S(=O)(=O)N2CCCCC2)cc1. The Morgan fingerprint density at radius 1 is 1.00 bits per heavy atom. The van der Waals surface area contributed by atoms with Gasteiger partial charge in [0.1, 0.15) is 0 Å². The Morgan fingerprint density at radius 3 is 2.10 bits per heavy atom. The zero-order valence-electron chi connectivity index (χ0n) is 13.4. The molecular weight excluding hydrogens is 298 g/mol. The molecule has 1 aliphatic heterocycles. The molecule has 0 saturated carbocycles. The monoisotopic (exact) mass is 325 g/mol. The van der Waals surface area contributed by atoms with Crippen molar-refractivity contribution in [1.82, 2.24) is 4.31 Å². The van der Waals surface area contributed by atoms with Crippen molar-refractivity contribution in [2.24, 2.45) is 0 Å². The zero-order chi connectivity index (χ0) is 15.5. The Labute approximate surface area is 130 Å². The van der Waals surface area contributed by atoms with Crippen LogP contribution in [0.5, 0.6) is 0 Å². The largest absolute Gasteiger partial charge is 0.243 e. The Morgan fingerprint density at radius 2 is 1.57 bits per heavy atom. The fourth-order valence-electron chi connectivity index (χ4n) is 2.60. The van der Waals surface area contributed by atoms with Gasteiger partial charge in [-0.1, -0.05) is 44.2 Å². The second-order valence-electron chi connectivity index (χ2n) is 7.17. The quantitative estimate of drug-likeness (QED) is 0.773. The Bertz CT molecular complexity index is 555. The summed E-state index contributed by atoms with van der Waals surface area (Å²) in [6, 6.07) is 8.77. The van der Waals surface area contributed by atoms with E-state index in [1.807, 2.05) is 12.1 Å². The molecule has 0 radical (unpaired) electrons. The minimum Gasteiger partial charge on any atom is -0.207 e. The summed E-state index contributed by atoms with van der Waals surface area (Å²) in [5, 5.41) is 0. The maximum atomic E-state index is 12.5. The van der Waals surface area contributed by atoms with Crippen LogP contribution in [0.3, 0.4) is 0 Å². The molecule has 1 saturated heterocycles. The summed E-state index contributed by atoms with van der Waals surface area (Å²) in [6.07, 6.45) is 4.16. The van der Waals surface area contributed by atoms with Crippen molar-refractivity contribution in [3.05, 3.63) is 29.8 Å². The first kappa shape index (κ1) is 16.7. The first-order valence-corrected chi connectivity index (χ1v) is 13.0. The van der Waals surface area contributed by atoms with Crippen molar-refractivity contribution in [3.8, 4) is 0 Å². The molecule has 0 N–H and O–H groups in total. The Kier molecular flexibility index (Phi) is 5.27. The van der Waals surface area contributed by atoms with Crippen LogP contribution in [0.1, 0.15) is 24.8 Å². The molecule has 1 aromatic carbocycles. The van der Waals surface area contributed by atoms with E-state index in [0.29, 0.717) is 18.0 Å². The van der Waals surface area contributed by atoms with E-state index in [1.54, 1.807) is 16.4 Å². The van der Waals surface area contributed by atoms with Gasteiger partial charge in [-0.05, 0) is 37.0 Å². The highest BCUT2D eigenvalue weighted by Crippen LogP contribution is 2.22. The highest BCUT2D eigenvalue weighted by molar-refractivity contribution is 7.89. The van der Waals surface area contributed by atoms with E-state index in [2.05, 4.69) is 19.6 Å². The number of hydrogen-bond donors (Lipinski definition) is 0. The molecule has 1 aromatic rings. The number of aryl methyl sites for hydroxylation is 1. The van der Waals surface area contributed by atoms with Crippen molar-refractivity contribution in [2.45, 2.75) is 56.3 Å². The number of sulfonamides is 1. The summed E-state index contributed by atoms with van der Waals surface area (Å²) < 4.78 is 26.7. The average molecular weight is 326 g/mol. The average Bonchev–Trinajstić information content (AvgIpc) is 2.46. The molecule has 0 bridgehead atoms. The van der Waals surface area contributed by atoms with Gasteiger partial charge in [0.15, 0.2) is 0 Å². The van der Waals surface area contributed by atoms with E-state index in [0.717, 1.165) is 25.7 Å². The number of rotatable bonds is 5. The van der Waals surface area contributed by atoms with Crippen LogP contribution in [-0.4, -0.2) is 33.9 Å². The molecule has 5 heteroatoms. The fraction of sp³-hybridized carbons (Fsp3) is 0.625. The molecular formula is C16H27NO2SSi. The molecule has 0 spiro atoms. The summed E-state index contributed by atoms with van der Waals surface area (Å²) in [7, 11) is -4.32. The van der Waals surface area contributed by atoms with Gasteiger partial charge in [-0.2, -0.15) is 4.31 Å². The van der Waals surface area contributed by atoms with Crippen LogP contribution in [0.15, 0.2) is 29.2 Å². The molecule has 118 valence electrons. The van der Waals surface area contributed by atoms with Crippen LogP contribution < -0.4 is 0 Å². The maximum Gasteiger partial charge on any atom is 0.243 e. The number of nitrogens with zero attached hydrogens (tertiary/aromatic N) is 1. The van der Waals surface area contributed by atoms with Crippen LogP contribution in [0.25, 0.3) is 0 Å². The highest BCUT2D eigenvalue weighted by Gasteiger charge is 2.25. The van der Waals surface area contributed by atoms with Crippen LogP contribution in [-0.2, 0) is 16.4 Å². The van der Waals surface area contributed by atoms with Gasteiger partial charge in [0.25, 0.3) is 0 Å². The first-order chi connectivity index (χ1) is 9.79. The van der Waals surface area contributed by atoms with Gasteiger partial charge in [0, 0.05) is 21.2 Å². The Hall–Kier alpha value is -0.653. The molecule has 0 amide bonds. The normalized spacial score (nSPS) is 17.9. The second kappa shape index (κ2) is 6.63. The van der Waals surface area contributed by atoms with E-state index >= 15 is 0 Å². The number of benzene rings is 1. The van der Waals surface area contributed by atoms with E-state index in [4.69, 9.17) is 0 Å². The van der Waals surface area contributed by atoms with Gasteiger partial charge in [0.2, 0.25) is 10.0 Å². The molecule has 1 aliphatic rings. The van der Waals surface area contributed by atoms with Crippen molar-refractivity contribution in [1.29, 1.82) is 0 Å². The summed E-state index contributed by atoms with van der Waals surface area (Å²) in [4.78, 5) is 0.446. The molecule has 0 unspecified atom stereocenters. The molecule has 0 aliphatic carbocycles. The number of piperidine rings is 1. The third-order valence-electron chi connectivity index (χ3n) is 4.04. The molecule has 1 heterocycles. The third-order valence-corrected chi connectivity index (χ3v) is 7.70. The van der Waals surface area contributed by atoms with Gasteiger partial charge >= 0.3 is 0 Å². The molecule has 0 aromatic heterocycles. The lowest BCUT2D eigenvalue weighted by atomic mass is 10.2. The van der Waals surface area contributed by atoms with Crippen molar-refractivity contribution in [2.75, 3.05) is 13.1 Å².